The topological polar surface area (TPSA) is 138 Å². The van der Waals surface area contributed by atoms with E-state index in [0.29, 0.717) is 28.1 Å². The second-order valence-electron chi connectivity index (χ2n) is 10.1. The lowest BCUT2D eigenvalue weighted by molar-refractivity contribution is -0.183. The maximum absolute atomic E-state index is 12.6. The molecule has 4 atom stereocenters. The van der Waals surface area contributed by atoms with Gasteiger partial charge in [-0.3, -0.25) is 4.79 Å². The Hall–Kier alpha value is -2.76. The number of nitrogens with one attached hydrogen (secondary N) is 2. The molecule has 0 spiro atoms. The van der Waals surface area contributed by atoms with Crippen molar-refractivity contribution in [3.05, 3.63) is 35.9 Å². The minimum atomic E-state index is -2.11. The largest absolute Gasteiger partial charge is 0.365 e. The van der Waals surface area contributed by atoms with Crippen LogP contribution in [0.25, 0.3) is 11.2 Å². The summed E-state index contributed by atoms with van der Waals surface area (Å²) in [6.07, 6.45) is 2.11. The van der Waals surface area contributed by atoms with Crippen molar-refractivity contribution in [2.45, 2.75) is 81.4 Å². The number of hydrogen-bond donors (Lipinski definition) is 4. The van der Waals surface area contributed by atoms with Crippen molar-refractivity contribution in [2.75, 3.05) is 11.1 Å². The van der Waals surface area contributed by atoms with Crippen LogP contribution in [-0.4, -0.2) is 64.7 Å². The van der Waals surface area contributed by atoms with Gasteiger partial charge in [-0.25, -0.2) is 14.6 Å². The first kappa shape index (κ1) is 24.9. The highest BCUT2D eigenvalue weighted by Gasteiger charge is 2.50. The zero-order valence-electron chi connectivity index (χ0n) is 20.8. The maximum Gasteiger partial charge on any atom is 0.223 e. The van der Waals surface area contributed by atoms with E-state index in [9.17, 15) is 15.0 Å². The first-order valence-electron chi connectivity index (χ1n) is 12.6. The third-order valence-corrected chi connectivity index (χ3v) is 7.82. The van der Waals surface area contributed by atoms with Gasteiger partial charge in [0.15, 0.2) is 27.9 Å². The van der Waals surface area contributed by atoms with Crippen molar-refractivity contribution in [1.82, 2.24) is 30.3 Å². The molecule has 2 fully saturated rings. The van der Waals surface area contributed by atoms with E-state index in [4.69, 9.17) is 9.97 Å². The molecule has 10 nitrogen and oxygen atoms in total. The molecular formula is C25H33N7O3S. The maximum atomic E-state index is 12.6. The van der Waals surface area contributed by atoms with Gasteiger partial charge in [0, 0.05) is 36.1 Å². The monoisotopic (exact) mass is 511 g/mol. The molecule has 2 aliphatic rings. The molecule has 4 unspecified atom stereocenters. The van der Waals surface area contributed by atoms with Crippen LogP contribution in [0.5, 0.6) is 0 Å². The van der Waals surface area contributed by atoms with Gasteiger partial charge >= 0.3 is 0 Å². The smallest absolute Gasteiger partial charge is 0.223 e. The normalized spacial score (nSPS) is 24.8. The molecule has 11 heteroatoms. The molecule has 2 heterocycles. The highest BCUT2D eigenvalue weighted by Crippen LogP contribution is 2.45. The van der Waals surface area contributed by atoms with Gasteiger partial charge < -0.3 is 20.8 Å². The molecule has 36 heavy (non-hydrogen) atoms. The van der Waals surface area contributed by atoms with E-state index in [2.05, 4.69) is 40.0 Å². The van der Waals surface area contributed by atoms with Crippen molar-refractivity contribution in [1.29, 1.82) is 0 Å². The SMILES string of the molecule is CCCSc1nc(NC2CC2c2ccccc2)c2nnn(C3CC(C(=O)NC(C)C)CC3(O)O)c2n1. The number of anilines is 1. The number of thioether (sulfide) groups is 1. The lowest BCUT2D eigenvalue weighted by Crippen LogP contribution is -2.37. The molecule has 0 radical (unpaired) electrons. The molecule has 2 aromatic heterocycles. The Morgan fingerprint density at radius 3 is 2.72 bits per heavy atom. The van der Waals surface area contributed by atoms with Gasteiger partial charge in [0.05, 0.1) is 0 Å². The number of fused-ring (bicyclic) bond motifs is 1. The second-order valence-corrected chi connectivity index (χ2v) is 11.2. The van der Waals surface area contributed by atoms with Gasteiger partial charge in [0.25, 0.3) is 0 Å². The highest BCUT2D eigenvalue weighted by molar-refractivity contribution is 7.99. The molecule has 2 aliphatic carbocycles. The van der Waals surface area contributed by atoms with Crippen LogP contribution in [0.3, 0.4) is 0 Å². The number of nitrogens with zero attached hydrogens (tertiary/aromatic N) is 5. The number of benzene rings is 1. The summed E-state index contributed by atoms with van der Waals surface area (Å²) in [5.41, 5.74) is 2.21. The minimum Gasteiger partial charge on any atom is -0.365 e. The Balaban J connectivity index is 1.45. The quantitative estimate of drug-likeness (QED) is 0.194. The first-order chi connectivity index (χ1) is 17.3. The van der Waals surface area contributed by atoms with Crippen LogP contribution in [0, 0.1) is 5.92 Å². The van der Waals surface area contributed by atoms with E-state index in [1.807, 2.05) is 32.0 Å². The van der Waals surface area contributed by atoms with Crippen LogP contribution in [-0.2, 0) is 4.79 Å². The van der Waals surface area contributed by atoms with Crippen molar-refractivity contribution in [2.24, 2.45) is 5.92 Å². The van der Waals surface area contributed by atoms with E-state index < -0.39 is 17.7 Å². The van der Waals surface area contributed by atoms with Crippen molar-refractivity contribution in [3.63, 3.8) is 0 Å². The molecule has 1 amide bonds. The number of aromatic nitrogens is 5. The Morgan fingerprint density at radius 2 is 2.00 bits per heavy atom. The highest BCUT2D eigenvalue weighted by atomic mass is 32.2. The van der Waals surface area contributed by atoms with Gasteiger partial charge in [0.1, 0.15) is 6.04 Å². The molecular weight excluding hydrogens is 478 g/mol. The van der Waals surface area contributed by atoms with Gasteiger partial charge in [0.2, 0.25) is 5.91 Å². The van der Waals surface area contributed by atoms with Crippen LogP contribution in [0.1, 0.15) is 64.0 Å². The predicted octanol–water partition coefficient (Wildman–Crippen LogP) is 2.85. The van der Waals surface area contributed by atoms with Gasteiger partial charge in [-0.05, 0) is 38.7 Å². The third-order valence-electron chi connectivity index (χ3n) is 6.76. The van der Waals surface area contributed by atoms with Crippen LogP contribution >= 0.6 is 11.8 Å². The lowest BCUT2D eigenvalue weighted by atomic mass is 10.1. The van der Waals surface area contributed by atoms with Crippen LogP contribution in [0.4, 0.5) is 5.82 Å². The summed E-state index contributed by atoms with van der Waals surface area (Å²) >= 11 is 1.54. The molecule has 1 aromatic carbocycles. The number of carbonyl (C=O) groups is 1. The summed E-state index contributed by atoms with van der Waals surface area (Å²) in [5, 5.41) is 37.3. The molecule has 5 rings (SSSR count). The summed E-state index contributed by atoms with van der Waals surface area (Å²) < 4.78 is 1.46. The average Bonchev–Trinajstić information content (AvgIpc) is 3.35. The summed E-state index contributed by atoms with van der Waals surface area (Å²) in [4.78, 5) is 22.0. The Morgan fingerprint density at radius 1 is 1.22 bits per heavy atom. The van der Waals surface area contributed by atoms with E-state index >= 15 is 0 Å². The molecule has 2 saturated carbocycles. The molecule has 0 aliphatic heterocycles. The van der Waals surface area contributed by atoms with Gasteiger partial charge in [-0.15, -0.1) is 5.10 Å². The van der Waals surface area contributed by atoms with E-state index in [-0.39, 0.29) is 30.8 Å². The van der Waals surface area contributed by atoms with Crippen LogP contribution < -0.4 is 10.6 Å². The van der Waals surface area contributed by atoms with Crippen molar-refractivity contribution in [3.8, 4) is 0 Å². The number of amides is 1. The Kier molecular flexibility index (Phi) is 6.88. The molecule has 3 aromatic rings. The lowest BCUT2D eigenvalue weighted by Gasteiger charge is -2.23. The third kappa shape index (κ3) is 5.05. The standard InChI is InChI=1S/C25H33N7O3S/c1-4-10-36-24-28-21(27-18-12-17(18)15-8-6-5-7-9-15)20-22(29-24)32(31-30-20)19-11-16(13-25(19,34)35)23(33)26-14(2)3/h5-9,14,16-19,34-35H,4,10-13H2,1-3H3,(H,26,33)(H,27,28,29). The van der Waals surface area contributed by atoms with Crippen LogP contribution in [0.15, 0.2) is 35.5 Å². The zero-order chi connectivity index (χ0) is 25.4. The fourth-order valence-corrected chi connectivity index (χ4v) is 5.61. The number of hydrogen-bond acceptors (Lipinski definition) is 9. The number of aliphatic hydroxyl groups is 2. The van der Waals surface area contributed by atoms with Gasteiger partial charge in [-0.2, -0.15) is 0 Å². The molecule has 0 bridgehead atoms. The number of rotatable bonds is 9. The molecule has 0 saturated heterocycles. The van der Waals surface area contributed by atoms with Gasteiger partial charge in [-0.1, -0.05) is 54.2 Å². The number of carbonyl (C=O) groups excluding carboxylic acids is 1. The summed E-state index contributed by atoms with van der Waals surface area (Å²) in [6, 6.07) is 9.72. The molecule has 192 valence electrons. The average molecular weight is 512 g/mol. The summed E-state index contributed by atoms with van der Waals surface area (Å²) in [5.74, 6) is -0.992. The predicted molar refractivity (Wildman–Crippen MR) is 138 cm³/mol. The fraction of sp³-hybridized carbons (Fsp3) is 0.560. The van der Waals surface area contributed by atoms with Crippen LogP contribution in [0.2, 0.25) is 0 Å². The van der Waals surface area contributed by atoms with E-state index in [0.717, 1.165) is 18.6 Å². The summed E-state index contributed by atoms with van der Waals surface area (Å²) in [7, 11) is 0. The van der Waals surface area contributed by atoms with E-state index in [1.54, 1.807) is 11.8 Å². The zero-order valence-corrected chi connectivity index (χ0v) is 21.6. The van der Waals surface area contributed by atoms with Crippen molar-refractivity contribution >= 4 is 34.7 Å². The Labute approximate surface area is 214 Å². The Bertz CT molecular complexity index is 1230. The first-order valence-corrected chi connectivity index (χ1v) is 13.6. The molecule has 4 N–H and O–H groups in total. The van der Waals surface area contributed by atoms with E-state index in [1.165, 1.54) is 10.2 Å². The fourth-order valence-electron chi connectivity index (χ4n) is 4.92. The second kappa shape index (κ2) is 9.95. The van der Waals surface area contributed by atoms with Crippen molar-refractivity contribution < 1.29 is 15.0 Å². The summed E-state index contributed by atoms with van der Waals surface area (Å²) in [6.45, 7) is 5.85. The minimum absolute atomic E-state index is 0.0304.